The number of primary amides is 1. The van der Waals surface area contributed by atoms with E-state index in [1.54, 1.807) is 4.68 Å². The number of aromatic nitrogens is 2. The molecule has 0 radical (unpaired) electrons. The Balaban J connectivity index is 0.788. The number of aryl methyl sites for hydroxylation is 1. The van der Waals surface area contributed by atoms with Gasteiger partial charge in [0.15, 0.2) is 23.0 Å². The standard InChI is InChI=1S/C54H54ClF2N7O6/c1-30-45-43(28-40(56)48(55)47(45)46-39(50(58)66)18-19-42(69-3)49(46)57)70-54(30,36-10-5-4-6-11-36)29-59-37-15-12-32(13-16-37)52(67)63-23-20-31(21-24-63)33-8-7-9-34(26-33)35-14-17-38-41(27-35)62(2)61-51(38)64-25-22-44(65)60-53(64)68/h4-11,14,17-19,26-28,30-32,37,59H,12-13,15-16,20-25,29H2,1-3H3,(H2,58,66)(H,60,65,68)/t30-,32?,37?,54-/m0/s1. The molecule has 6 aromatic rings. The van der Waals surface area contributed by atoms with Crippen LogP contribution in [0, 0.1) is 17.6 Å². The molecule has 1 aliphatic carbocycles. The van der Waals surface area contributed by atoms with Crippen molar-refractivity contribution in [2.45, 2.75) is 75.3 Å². The fraction of sp³-hybridized carbons (Fsp3) is 0.352. The molecule has 1 saturated carbocycles. The number of urea groups is 1. The van der Waals surface area contributed by atoms with Crippen molar-refractivity contribution in [3.8, 4) is 33.8 Å². The van der Waals surface area contributed by atoms with Crippen molar-refractivity contribution in [3.05, 3.63) is 130 Å². The number of amides is 5. The Morgan fingerprint density at radius 3 is 2.37 bits per heavy atom. The topological polar surface area (TPSA) is 161 Å². The molecule has 4 N–H and O–H groups in total. The van der Waals surface area contributed by atoms with Crippen LogP contribution in [-0.2, 0) is 22.2 Å². The van der Waals surface area contributed by atoms with Gasteiger partial charge in [0.25, 0.3) is 0 Å². The van der Waals surface area contributed by atoms with E-state index in [2.05, 4.69) is 46.1 Å². The van der Waals surface area contributed by atoms with Crippen molar-refractivity contribution in [1.29, 1.82) is 0 Å². The highest BCUT2D eigenvalue weighted by Gasteiger charge is 2.50. The molecule has 5 amide bonds. The number of ether oxygens (including phenoxy) is 2. The number of carbonyl (C=O) groups excluding carboxylic acids is 4. The van der Waals surface area contributed by atoms with Gasteiger partial charge in [-0.1, -0.05) is 79.2 Å². The Bertz CT molecular complexity index is 3060. The minimum Gasteiger partial charge on any atom is -0.494 e. The lowest BCUT2D eigenvalue weighted by atomic mass is 9.77. The second kappa shape index (κ2) is 18.8. The number of piperidine rings is 1. The summed E-state index contributed by atoms with van der Waals surface area (Å²) < 4.78 is 45.9. The average Bonchev–Trinajstić information content (AvgIpc) is 3.85. The van der Waals surface area contributed by atoms with E-state index in [1.165, 1.54) is 35.8 Å². The molecule has 0 unspecified atom stereocenters. The van der Waals surface area contributed by atoms with Gasteiger partial charge in [0, 0.05) is 85.7 Å². The van der Waals surface area contributed by atoms with E-state index in [0.29, 0.717) is 36.9 Å². The highest BCUT2D eigenvalue weighted by molar-refractivity contribution is 6.34. The number of carbonyl (C=O) groups is 4. The molecule has 3 aliphatic heterocycles. The molecule has 0 bridgehead atoms. The van der Waals surface area contributed by atoms with Crippen LogP contribution in [0.5, 0.6) is 11.5 Å². The Labute approximate surface area is 409 Å². The quantitative estimate of drug-likeness (QED) is 0.116. The molecule has 3 fully saturated rings. The smallest absolute Gasteiger partial charge is 0.329 e. The molecular formula is C54H54ClF2N7O6. The maximum atomic E-state index is 16.2. The van der Waals surface area contributed by atoms with Crippen LogP contribution in [0.25, 0.3) is 33.2 Å². The number of likely N-dealkylation sites (tertiary alicyclic amines) is 1. The number of nitrogens with zero attached hydrogens (tertiary/aromatic N) is 4. The summed E-state index contributed by atoms with van der Waals surface area (Å²) in [4.78, 5) is 54.7. The summed E-state index contributed by atoms with van der Waals surface area (Å²) in [5.74, 6) is -2.45. The van der Waals surface area contributed by atoms with Gasteiger partial charge in [0.1, 0.15) is 11.6 Å². The first-order chi connectivity index (χ1) is 33.8. The number of benzene rings is 5. The van der Waals surface area contributed by atoms with Gasteiger partial charge in [-0.3, -0.25) is 29.3 Å². The Hall–Kier alpha value is -6.84. The van der Waals surface area contributed by atoms with Crippen LogP contribution in [0.2, 0.25) is 5.02 Å². The molecule has 4 heterocycles. The lowest BCUT2D eigenvalue weighted by Crippen LogP contribution is -2.49. The largest absolute Gasteiger partial charge is 0.494 e. The molecule has 1 aromatic heterocycles. The zero-order valence-electron chi connectivity index (χ0n) is 39.2. The zero-order valence-corrected chi connectivity index (χ0v) is 40.0. The second-order valence-electron chi connectivity index (χ2n) is 19.0. The summed E-state index contributed by atoms with van der Waals surface area (Å²) in [5, 5.41) is 11.2. The van der Waals surface area contributed by atoms with Gasteiger partial charge in [-0.25, -0.2) is 13.6 Å². The molecule has 0 spiro atoms. The molecule has 4 aliphatic rings. The Morgan fingerprint density at radius 2 is 1.66 bits per heavy atom. The van der Waals surface area contributed by atoms with Crippen LogP contribution < -0.4 is 30.7 Å². The number of halogens is 3. The van der Waals surface area contributed by atoms with Crippen molar-refractivity contribution in [2.24, 2.45) is 18.7 Å². The van der Waals surface area contributed by atoms with Gasteiger partial charge in [0.2, 0.25) is 17.7 Å². The fourth-order valence-corrected chi connectivity index (χ4v) is 11.5. The molecule has 16 heteroatoms. The van der Waals surface area contributed by atoms with Crippen LogP contribution >= 0.6 is 11.6 Å². The van der Waals surface area contributed by atoms with Crippen LogP contribution in [0.4, 0.5) is 19.4 Å². The Kier molecular flexibility index (Phi) is 12.6. The third kappa shape index (κ3) is 8.31. The van der Waals surface area contributed by atoms with E-state index < -0.39 is 35.1 Å². The number of imide groups is 1. The molecule has 70 heavy (non-hydrogen) atoms. The van der Waals surface area contributed by atoms with Crippen molar-refractivity contribution in [1.82, 2.24) is 25.3 Å². The minimum absolute atomic E-state index is 0.00826. The first-order valence-corrected chi connectivity index (χ1v) is 24.3. The number of methoxy groups -OCH3 is 1. The summed E-state index contributed by atoms with van der Waals surface area (Å²) in [6, 6.07) is 27.8. The molecule has 5 aromatic carbocycles. The minimum atomic E-state index is -1.08. The maximum absolute atomic E-state index is 16.2. The highest BCUT2D eigenvalue weighted by Crippen LogP contribution is 2.56. The Morgan fingerprint density at radius 1 is 0.914 bits per heavy atom. The number of rotatable bonds is 11. The van der Waals surface area contributed by atoms with Gasteiger partial charge < -0.3 is 25.4 Å². The first kappa shape index (κ1) is 46.9. The van der Waals surface area contributed by atoms with Gasteiger partial charge in [-0.15, -0.1) is 0 Å². The van der Waals surface area contributed by atoms with E-state index >= 15 is 8.78 Å². The third-order valence-electron chi connectivity index (χ3n) is 15.1. The molecular weight excluding hydrogens is 916 g/mol. The molecule has 2 saturated heterocycles. The van der Waals surface area contributed by atoms with Crippen LogP contribution in [0.3, 0.4) is 0 Å². The lowest BCUT2D eigenvalue weighted by Gasteiger charge is -2.38. The zero-order chi connectivity index (χ0) is 49.0. The van der Waals surface area contributed by atoms with E-state index in [0.717, 1.165) is 66.1 Å². The van der Waals surface area contributed by atoms with Crippen molar-refractivity contribution >= 4 is 52.1 Å². The summed E-state index contributed by atoms with van der Waals surface area (Å²) in [6.45, 7) is 3.90. The van der Waals surface area contributed by atoms with Gasteiger partial charge in [0.05, 0.1) is 23.2 Å². The number of fused-ring (bicyclic) bond motifs is 2. The number of nitrogens with two attached hydrogens (primary N) is 1. The number of nitrogens with one attached hydrogen (secondary N) is 2. The first-order valence-electron chi connectivity index (χ1n) is 23.9. The molecule has 10 rings (SSSR count). The van der Waals surface area contributed by atoms with Gasteiger partial charge in [-0.2, -0.15) is 5.10 Å². The third-order valence-corrected chi connectivity index (χ3v) is 15.5. The predicted molar refractivity (Wildman–Crippen MR) is 263 cm³/mol. The predicted octanol–water partition coefficient (Wildman–Crippen LogP) is 9.34. The lowest BCUT2D eigenvalue weighted by molar-refractivity contribution is -0.137. The normalized spacial score (nSPS) is 21.7. The molecule has 13 nitrogen and oxygen atoms in total. The average molecular weight is 971 g/mol. The fourth-order valence-electron chi connectivity index (χ4n) is 11.3. The summed E-state index contributed by atoms with van der Waals surface area (Å²) in [6.07, 6.45) is 4.96. The summed E-state index contributed by atoms with van der Waals surface area (Å²) in [7, 11) is 3.15. The number of anilines is 1. The second-order valence-corrected chi connectivity index (χ2v) is 19.4. The molecule has 362 valence electrons. The summed E-state index contributed by atoms with van der Waals surface area (Å²) >= 11 is 6.70. The highest BCUT2D eigenvalue weighted by atomic mass is 35.5. The van der Waals surface area contributed by atoms with Crippen LogP contribution in [-0.4, -0.2) is 77.8 Å². The van der Waals surface area contributed by atoms with Crippen LogP contribution in [0.15, 0.2) is 91.0 Å². The number of hydrogen-bond acceptors (Lipinski definition) is 8. The van der Waals surface area contributed by atoms with Crippen molar-refractivity contribution < 1.29 is 37.4 Å². The maximum Gasteiger partial charge on any atom is 0.329 e. The van der Waals surface area contributed by atoms with Crippen molar-refractivity contribution in [2.75, 3.05) is 38.2 Å². The van der Waals surface area contributed by atoms with Crippen molar-refractivity contribution in [3.63, 3.8) is 0 Å². The van der Waals surface area contributed by atoms with Gasteiger partial charge >= 0.3 is 6.03 Å². The van der Waals surface area contributed by atoms with E-state index in [-0.39, 0.29) is 70.0 Å². The van der Waals surface area contributed by atoms with E-state index in [4.69, 9.17) is 26.8 Å². The molecule has 2 atom stereocenters. The monoisotopic (exact) mass is 969 g/mol. The van der Waals surface area contributed by atoms with E-state index in [1.807, 2.05) is 61.3 Å². The van der Waals surface area contributed by atoms with Gasteiger partial charge in [-0.05, 0) is 91.0 Å². The summed E-state index contributed by atoms with van der Waals surface area (Å²) in [5.41, 5.74) is 9.73. The van der Waals surface area contributed by atoms with Crippen LogP contribution in [0.1, 0.15) is 90.8 Å². The number of hydrogen-bond donors (Lipinski definition) is 3. The van der Waals surface area contributed by atoms with E-state index in [9.17, 15) is 19.2 Å². The SMILES string of the molecule is COc1ccc(C(N)=O)c(-c2c(Cl)c(F)cc3c2[C@H](C)[C@@](CNC2CCC(C(=O)N4CCC(c5cccc(-c6ccc7c(N8CCC(=O)NC8=O)nn(C)c7c6)c5)CC4)CC2)(c2ccccc2)O3)c1F.